The first-order valence-electron chi connectivity index (χ1n) is 19.8. The van der Waals surface area contributed by atoms with Crippen LogP contribution in [-0.2, 0) is 5.41 Å². The van der Waals surface area contributed by atoms with Crippen LogP contribution < -0.4 is 0 Å². The molecule has 1 fully saturated rings. The van der Waals surface area contributed by atoms with E-state index in [4.69, 9.17) is 9.97 Å². The molecule has 0 aliphatic heterocycles. The van der Waals surface area contributed by atoms with Crippen molar-refractivity contribution < 1.29 is 0 Å². The van der Waals surface area contributed by atoms with E-state index in [0.29, 0.717) is 5.92 Å². The predicted octanol–water partition coefficient (Wildman–Crippen LogP) is 13.7. The number of fused-ring (bicyclic) bond motifs is 3. The SMILES string of the molecule is c1ccc(-c2cc(-c3ccc(-c4cccc(-c5cccc6c5-c5ccccc5C6(c5ccccc5)C5CCCCC5)c4)cc3)nc(-c3ccccc3)n2)cc1. The van der Waals surface area contributed by atoms with Crippen LogP contribution in [0.4, 0.5) is 0 Å². The zero-order valence-corrected chi connectivity index (χ0v) is 30.9. The number of benzene rings is 7. The summed E-state index contributed by atoms with van der Waals surface area (Å²) in [5.74, 6) is 1.29. The predicted molar refractivity (Wildman–Crippen MR) is 228 cm³/mol. The van der Waals surface area contributed by atoms with Crippen molar-refractivity contribution in [1.29, 1.82) is 0 Å². The Hall–Kier alpha value is -6.38. The lowest BCUT2D eigenvalue weighted by Crippen LogP contribution is -2.37. The second-order valence-corrected chi connectivity index (χ2v) is 15.1. The number of nitrogens with zero attached hydrogens (tertiary/aromatic N) is 2. The second-order valence-electron chi connectivity index (χ2n) is 15.1. The Labute approximate surface area is 324 Å². The Balaban J connectivity index is 1.05. The molecule has 10 rings (SSSR count). The van der Waals surface area contributed by atoms with Crippen molar-refractivity contribution in [2.45, 2.75) is 37.5 Å². The Bertz CT molecular complexity index is 2550. The van der Waals surface area contributed by atoms with Crippen molar-refractivity contribution in [1.82, 2.24) is 9.97 Å². The zero-order chi connectivity index (χ0) is 36.6. The van der Waals surface area contributed by atoms with Gasteiger partial charge < -0.3 is 0 Å². The van der Waals surface area contributed by atoms with Gasteiger partial charge in [0.15, 0.2) is 5.82 Å². The molecule has 2 heteroatoms. The van der Waals surface area contributed by atoms with E-state index in [1.165, 1.54) is 82.2 Å². The quantitative estimate of drug-likeness (QED) is 0.165. The van der Waals surface area contributed by atoms with Gasteiger partial charge in [-0.2, -0.15) is 0 Å². The van der Waals surface area contributed by atoms with E-state index in [1.54, 1.807) is 0 Å². The molecule has 2 aliphatic carbocycles. The summed E-state index contributed by atoms with van der Waals surface area (Å²) in [6.07, 6.45) is 6.46. The molecule has 1 atom stereocenters. The average molecular weight is 707 g/mol. The molecule has 1 unspecified atom stereocenters. The first-order chi connectivity index (χ1) is 27.3. The molecular weight excluding hydrogens is 665 g/mol. The Morgan fingerprint density at radius 3 is 1.64 bits per heavy atom. The number of rotatable bonds is 7. The van der Waals surface area contributed by atoms with Crippen LogP contribution in [0.25, 0.3) is 67.3 Å². The van der Waals surface area contributed by atoms with Gasteiger partial charge in [0.25, 0.3) is 0 Å². The molecule has 1 aromatic heterocycles. The Morgan fingerprint density at radius 2 is 0.909 bits per heavy atom. The normalized spacial score (nSPS) is 16.4. The zero-order valence-electron chi connectivity index (χ0n) is 30.9. The van der Waals surface area contributed by atoms with Crippen LogP contribution in [0.1, 0.15) is 48.8 Å². The fourth-order valence-corrected chi connectivity index (χ4v) is 9.59. The number of aromatic nitrogens is 2. The molecule has 8 aromatic rings. The van der Waals surface area contributed by atoms with Crippen LogP contribution in [0, 0.1) is 5.92 Å². The minimum absolute atomic E-state index is 0.154. The molecule has 1 saturated carbocycles. The minimum Gasteiger partial charge on any atom is -0.228 e. The summed E-state index contributed by atoms with van der Waals surface area (Å²) < 4.78 is 0. The first-order valence-corrected chi connectivity index (χ1v) is 19.8. The minimum atomic E-state index is -0.154. The third kappa shape index (κ3) is 5.81. The van der Waals surface area contributed by atoms with Gasteiger partial charge in [-0.3, -0.25) is 0 Å². The highest BCUT2D eigenvalue weighted by molar-refractivity contribution is 5.95. The molecule has 0 bridgehead atoms. The first kappa shape index (κ1) is 33.2. The van der Waals surface area contributed by atoms with Crippen LogP contribution in [0.3, 0.4) is 0 Å². The summed E-state index contributed by atoms with van der Waals surface area (Å²) in [6, 6.07) is 68.4. The van der Waals surface area contributed by atoms with Gasteiger partial charge in [-0.1, -0.05) is 195 Å². The molecule has 1 heterocycles. The molecule has 0 amide bonds. The third-order valence-electron chi connectivity index (χ3n) is 12.1. The summed E-state index contributed by atoms with van der Waals surface area (Å²) in [6.45, 7) is 0. The van der Waals surface area contributed by atoms with Gasteiger partial charge in [0, 0.05) is 22.1 Å². The van der Waals surface area contributed by atoms with Crippen molar-refractivity contribution in [2.24, 2.45) is 5.92 Å². The summed E-state index contributed by atoms with van der Waals surface area (Å²) >= 11 is 0. The Kier molecular flexibility index (Phi) is 8.52. The van der Waals surface area contributed by atoms with Crippen molar-refractivity contribution in [2.75, 3.05) is 0 Å². The monoisotopic (exact) mass is 706 g/mol. The van der Waals surface area contributed by atoms with E-state index < -0.39 is 0 Å². The number of hydrogen-bond donors (Lipinski definition) is 0. The van der Waals surface area contributed by atoms with Gasteiger partial charge in [0.05, 0.1) is 11.4 Å². The maximum atomic E-state index is 5.06. The van der Waals surface area contributed by atoms with Crippen LogP contribution in [0.2, 0.25) is 0 Å². The van der Waals surface area contributed by atoms with Crippen molar-refractivity contribution >= 4 is 0 Å². The molecule has 0 radical (unpaired) electrons. The van der Waals surface area contributed by atoms with E-state index in [0.717, 1.165) is 33.9 Å². The maximum Gasteiger partial charge on any atom is 0.160 e. The van der Waals surface area contributed by atoms with Crippen LogP contribution in [-0.4, -0.2) is 9.97 Å². The fourth-order valence-electron chi connectivity index (χ4n) is 9.59. The van der Waals surface area contributed by atoms with E-state index in [2.05, 4.69) is 164 Å². The fraction of sp³-hybridized carbons (Fsp3) is 0.132. The molecule has 0 saturated heterocycles. The highest BCUT2D eigenvalue weighted by atomic mass is 14.9. The largest absolute Gasteiger partial charge is 0.228 e. The summed E-state index contributed by atoms with van der Waals surface area (Å²) in [4.78, 5) is 10.0. The van der Waals surface area contributed by atoms with Crippen LogP contribution >= 0.6 is 0 Å². The molecule has 0 N–H and O–H groups in total. The molecule has 2 nitrogen and oxygen atoms in total. The molecule has 264 valence electrons. The molecule has 0 spiro atoms. The lowest BCUT2D eigenvalue weighted by atomic mass is 9.60. The van der Waals surface area contributed by atoms with Crippen molar-refractivity contribution in [3.8, 4) is 67.3 Å². The average Bonchev–Trinajstić information content (AvgIpc) is 3.59. The van der Waals surface area contributed by atoms with Gasteiger partial charge in [0.2, 0.25) is 0 Å². The highest BCUT2D eigenvalue weighted by Crippen LogP contribution is 2.60. The van der Waals surface area contributed by atoms with Gasteiger partial charge in [-0.05, 0) is 81.0 Å². The third-order valence-corrected chi connectivity index (χ3v) is 12.1. The second kappa shape index (κ2) is 14.1. The topological polar surface area (TPSA) is 25.8 Å². The van der Waals surface area contributed by atoms with Crippen LogP contribution in [0.15, 0.2) is 188 Å². The summed E-state index contributed by atoms with van der Waals surface area (Å²) in [5, 5.41) is 0. The van der Waals surface area contributed by atoms with Gasteiger partial charge in [0.1, 0.15) is 0 Å². The van der Waals surface area contributed by atoms with E-state index in [9.17, 15) is 0 Å². The molecule has 7 aromatic carbocycles. The Morgan fingerprint density at radius 1 is 0.382 bits per heavy atom. The van der Waals surface area contributed by atoms with Gasteiger partial charge >= 0.3 is 0 Å². The summed E-state index contributed by atoms with van der Waals surface area (Å²) in [5.41, 5.74) is 16.9. The van der Waals surface area contributed by atoms with Gasteiger partial charge in [-0.15, -0.1) is 0 Å². The lowest BCUT2D eigenvalue weighted by Gasteiger charge is -2.42. The van der Waals surface area contributed by atoms with Crippen molar-refractivity contribution in [3.63, 3.8) is 0 Å². The van der Waals surface area contributed by atoms with Gasteiger partial charge in [-0.25, -0.2) is 9.97 Å². The smallest absolute Gasteiger partial charge is 0.160 e. The van der Waals surface area contributed by atoms with E-state index in [1.807, 2.05) is 24.3 Å². The number of hydrogen-bond acceptors (Lipinski definition) is 2. The lowest BCUT2D eigenvalue weighted by molar-refractivity contribution is 0.275. The maximum absolute atomic E-state index is 5.06. The van der Waals surface area contributed by atoms with Crippen LogP contribution in [0.5, 0.6) is 0 Å². The molecular formula is C53H42N2. The highest BCUT2D eigenvalue weighted by Gasteiger charge is 2.50. The van der Waals surface area contributed by atoms with E-state index >= 15 is 0 Å². The van der Waals surface area contributed by atoms with E-state index in [-0.39, 0.29) is 5.41 Å². The molecule has 2 aliphatic rings. The van der Waals surface area contributed by atoms with Crippen molar-refractivity contribution in [3.05, 3.63) is 205 Å². The summed E-state index contributed by atoms with van der Waals surface area (Å²) in [7, 11) is 0. The molecule has 55 heavy (non-hydrogen) atoms. The standard InChI is InChI=1S/C53H42N2/c1-5-17-38(18-6-1)49-36-50(55-52(54-49)40-19-7-2-8-20-40)39-33-31-37(32-34-39)41-21-15-22-42(35-41)45-28-16-30-48-51(45)46-27-13-14-29-47(46)53(48,43-23-9-3-10-24-43)44-25-11-4-12-26-44/h1-3,5-10,13-24,27-36,44H,4,11-12,25-26H2.